The molecule has 0 heterocycles. The van der Waals surface area contributed by atoms with E-state index in [1.165, 1.54) is 32.1 Å². The summed E-state index contributed by atoms with van der Waals surface area (Å²) in [7, 11) is 0. The third-order valence-corrected chi connectivity index (χ3v) is 2.85. The molecule has 1 aliphatic carbocycles. The van der Waals surface area contributed by atoms with Crippen molar-refractivity contribution in [3.63, 3.8) is 0 Å². The predicted octanol–water partition coefficient (Wildman–Crippen LogP) is 2.94. The van der Waals surface area contributed by atoms with Crippen molar-refractivity contribution in [3.8, 4) is 0 Å². The molecule has 0 unspecified atom stereocenters. The first kappa shape index (κ1) is 10.0. The first-order valence-corrected chi connectivity index (χ1v) is 5.24. The van der Waals surface area contributed by atoms with E-state index < -0.39 is 0 Å². The number of nitrogens with two attached hydrogens (primary N) is 1. The summed E-state index contributed by atoms with van der Waals surface area (Å²) >= 11 is 0. The molecule has 12 heavy (non-hydrogen) atoms. The Morgan fingerprint density at radius 1 is 1.25 bits per heavy atom. The Balaban J connectivity index is 2.31. The molecule has 1 heteroatoms. The zero-order chi connectivity index (χ0) is 9.19. The lowest BCUT2D eigenvalue weighted by Gasteiger charge is -2.27. The quantitative estimate of drug-likeness (QED) is 0.675. The molecular formula is C11H23N. The minimum absolute atomic E-state index is 0.405. The van der Waals surface area contributed by atoms with Crippen LogP contribution in [-0.2, 0) is 0 Å². The van der Waals surface area contributed by atoms with Crippen molar-refractivity contribution in [1.29, 1.82) is 0 Å². The van der Waals surface area contributed by atoms with Gasteiger partial charge in [-0.15, -0.1) is 0 Å². The van der Waals surface area contributed by atoms with E-state index in [1.54, 1.807) is 0 Å². The molecule has 0 aromatic carbocycles. The first-order chi connectivity index (χ1) is 5.49. The molecule has 0 aromatic heterocycles. The molecular weight excluding hydrogens is 146 g/mol. The van der Waals surface area contributed by atoms with Gasteiger partial charge in [0.25, 0.3) is 0 Å². The van der Waals surface area contributed by atoms with Crippen molar-refractivity contribution >= 4 is 0 Å². The third kappa shape index (κ3) is 3.14. The van der Waals surface area contributed by atoms with Gasteiger partial charge in [-0.3, -0.25) is 0 Å². The second-order valence-corrected chi connectivity index (χ2v) is 5.47. The van der Waals surface area contributed by atoms with Crippen LogP contribution in [0, 0.1) is 11.3 Å². The van der Waals surface area contributed by atoms with Gasteiger partial charge in [-0.25, -0.2) is 0 Å². The zero-order valence-electron chi connectivity index (χ0n) is 8.77. The molecule has 0 amide bonds. The monoisotopic (exact) mass is 169 g/mol. The summed E-state index contributed by atoms with van der Waals surface area (Å²) in [6, 6.07) is 0.451. The smallest absolute Gasteiger partial charge is 0.00721 e. The maximum Gasteiger partial charge on any atom is 0.00721 e. The number of rotatable bonds is 2. The van der Waals surface area contributed by atoms with Crippen LogP contribution in [0.3, 0.4) is 0 Å². The lowest BCUT2D eigenvalue weighted by molar-refractivity contribution is 0.285. The van der Waals surface area contributed by atoms with E-state index in [9.17, 15) is 0 Å². The fraction of sp³-hybridized carbons (Fsp3) is 1.00. The molecule has 0 saturated heterocycles. The minimum Gasteiger partial charge on any atom is -0.327 e. The summed E-state index contributed by atoms with van der Waals surface area (Å²) in [5, 5.41) is 0. The molecule has 1 nitrogen and oxygen atoms in total. The number of hydrogen-bond acceptors (Lipinski definition) is 1. The molecule has 1 aliphatic rings. The van der Waals surface area contributed by atoms with E-state index in [-0.39, 0.29) is 0 Å². The van der Waals surface area contributed by atoms with Gasteiger partial charge in [0.15, 0.2) is 0 Å². The first-order valence-electron chi connectivity index (χ1n) is 5.24. The Bertz CT molecular complexity index is 128. The zero-order valence-corrected chi connectivity index (χ0v) is 8.77. The molecule has 0 spiro atoms. The lowest BCUT2D eigenvalue weighted by atomic mass is 9.83. The van der Waals surface area contributed by atoms with Crippen molar-refractivity contribution in [2.24, 2.45) is 17.1 Å². The summed E-state index contributed by atoms with van der Waals surface area (Å²) in [4.78, 5) is 0. The van der Waals surface area contributed by atoms with Gasteiger partial charge in [0.05, 0.1) is 0 Å². The van der Waals surface area contributed by atoms with Crippen LogP contribution >= 0.6 is 0 Å². The predicted molar refractivity (Wildman–Crippen MR) is 54.0 cm³/mol. The van der Waals surface area contributed by atoms with Gasteiger partial charge >= 0.3 is 0 Å². The van der Waals surface area contributed by atoms with E-state index in [1.807, 2.05) is 0 Å². The van der Waals surface area contributed by atoms with E-state index in [4.69, 9.17) is 5.73 Å². The van der Waals surface area contributed by atoms with Crippen molar-refractivity contribution in [3.05, 3.63) is 0 Å². The lowest BCUT2D eigenvalue weighted by Crippen LogP contribution is -2.32. The fourth-order valence-electron chi connectivity index (χ4n) is 2.26. The van der Waals surface area contributed by atoms with E-state index in [0.29, 0.717) is 11.5 Å². The standard InChI is InChI=1S/C11H23N/c1-11(2,3)8-10(12)9-6-4-5-7-9/h9-10H,4-8,12H2,1-3H3/t10-/m0/s1. The summed E-state index contributed by atoms with van der Waals surface area (Å²) in [6.45, 7) is 6.84. The molecule has 0 aromatic rings. The highest BCUT2D eigenvalue weighted by atomic mass is 14.7. The average Bonchev–Trinajstić information content (AvgIpc) is 2.32. The van der Waals surface area contributed by atoms with Crippen LogP contribution < -0.4 is 5.73 Å². The molecule has 2 N–H and O–H groups in total. The van der Waals surface area contributed by atoms with Gasteiger partial charge in [0.1, 0.15) is 0 Å². The summed E-state index contributed by atoms with van der Waals surface area (Å²) in [5.41, 5.74) is 6.57. The van der Waals surface area contributed by atoms with Crippen LogP contribution in [0.5, 0.6) is 0 Å². The second-order valence-electron chi connectivity index (χ2n) is 5.47. The Kier molecular flexibility index (Phi) is 3.16. The SMILES string of the molecule is CC(C)(C)C[C@H](N)C1CCCC1. The normalized spacial score (nSPS) is 23.0. The van der Waals surface area contributed by atoms with Crippen LogP contribution in [0.1, 0.15) is 52.9 Å². The van der Waals surface area contributed by atoms with Crippen molar-refractivity contribution in [2.75, 3.05) is 0 Å². The Labute approximate surface area is 76.7 Å². The van der Waals surface area contributed by atoms with Gasteiger partial charge in [-0.05, 0) is 30.6 Å². The van der Waals surface area contributed by atoms with E-state index >= 15 is 0 Å². The van der Waals surface area contributed by atoms with Crippen LogP contribution in [0.4, 0.5) is 0 Å². The van der Waals surface area contributed by atoms with Crippen LogP contribution in [-0.4, -0.2) is 6.04 Å². The topological polar surface area (TPSA) is 26.0 Å². The van der Waals surface area contributed by atoms with Gasteiger partial charge < -0.3 is 5.73 Å². The summed E-state index contributed by atoms with van der Waals surface area (Å²) in [5.74, 6) is 0.823. The van der Waals surface area contributed by atoms with Gasteiger partial charge in [-0.1, -0.05) is 33.6 Å². The largest absolute Gasteiger partial charge is 0.327 e. The minimum atomic E-state index is 0.405. The molecule has 0 radical (unpaired) electrons. The van der Waals surface area contributed by atoms with Crippen molar-refractivity contribution < 1.29 is 0 Å². The fourth-order valence-corrected chi connectivity index (χ4v) is 2.26. The molecule has 0 aliphatic heterocycles. The van der Waals surface area contributed by atoms with Crippen LogP contribution in [0.25, 0.3) is 0 Å². The van der Waals surface area contributed by atoms with Gasteiger partial charge in [0.2, 0.25) is 0 Å². The highest BCUT2D eigenvalue weighted by Crippen LogP contribution is 2.32. The van der Waals surface area contributed by atoms with Gasteiger partial charge in [0, 0.05) is 6.04 Å². The highest BCUT2D eigenvalue weighted by molar-refractivity contribution is 4.81. The second kappa shape index (κ2) is 3.78. The van der Waals surface area contributed by atoms with Crippen molar-refractivity contribution in [2.45, 2.75) is 58.9 Å². The Morgan fingerprint density at radius 2 is 1.75 bits per heavy atom. The highest BCUT2D eigenvalue weighted by Gasteiger charge is 2.25. The van der Waals surface area contributed by atoms with Gasteiger partial charge in [-0.2, -0.15) is 0 Å². The van der Waals surface area contributed by atoms with E-state index in [0.717, 1.165) is 5.92 Å². The van der Waals surface area contributed by atoms with Crippen LogP contribution in [0.15, 0.2) is 0 Å². The Hall–Kier alpha value is -0.0400. The van der Waals surface area contributed by atoms with Crippen LogP contribution in [0.2, 0.25) is 0 Å². The number of hydrogen-bond donors (Lipinski definition) is 1. The molecule has 1 atom stereocenters. The summed E-state index contributed by atoms with van der Waals surface area (Å²) < 4.78 is 0. The molecule has 72 valence electrons. The average molecular weight is 169 g/mol. The molecule has 1 rings (SSSR count). The maximum atomic E-state index is 6.17. The third-order valence-electron chi connectivity index (χ3n) is 2.85. The molecule has 0 bridgehead atoms. The molecule has 1 fully saturated rings. The molecule has 1 saturated carbocycles. The summed E-state index contributed by atoms with van der Waals surface area (Å²) in [6.07, 6.45) is 6.73. The van der Waals surface area contributed by atoms with Crippen molar-refractivity contribution in [1.82, 2.24) is 0 Å². The Morgan fingerprint density at radius 3 is 2.17 bits per heavy atom. The van der Waals surface area contributed by atoms with E-state index in [2.05, 4.69) is 20.8 Å². The maximum absolute atomic E-state index is 6.17.